The largest absolute Gasteiger partial charge is 0.329 e. The first-order valence-corrected chi connectivity index (χ1v) is 11.2. The molecule has 6 heteroatoms. The molecule has 0 unspecified atom stereocenters. The van der Waals surface area contributed by atoms with Crippen molar-refractivity contribution >= 4 is 40.4 Å². The molecule has 154 valence electrons. The summed E-state index contributed by atoms with van der Waals surface area (Å²) in [7, 11) is 0. The zero-order valence-electron chi connectivity index (χ0n) is 16.8. The van der Waals surface area contributed by atoms with Gasteiger partial charge in [-0.1, -0.05) is 49.7 Å². The summed E-state index contributed by atoms with van der Waals surface area (Å²) in [5.74, 6) is -0.383. The number of halogens is 1. The lowest BCUT2D eigenvalue weighted by Crippen LogP contribution is -2.47. The molecular weight excluding hydrogens is 416 g/mol. The highest BCUT2D eigenvalue weighted by Crippen LogP contribution is 2.45. The lowest BCUT2D eigenvalue weighted by molar-refractivity contribution is -0.119. The topological polar surface area (TPSA) is 49.4 Å². The van der Waals surface area contributed by atoms with Crippen LogP contribution in [0.25, 0.3) is 0 Å². The monoisotopic (exact) mass is 438 g/mol. The quantitative estimate of drug-likeness (QED) is 0.532. The van der Waals surface area contributed by atoms with Crippen molar-refractivity contribution in [1.82, 2.24) is 4.90 Å². The van der Waals surface area contributed by atoms with Crippen LogP contribution in [0.1, 0.15) is 46.6 Å². The number of benzene rings is 2. The van der Waals surface area contributed by atoms with Crippen molar-refractivity contribution in [2.45, 2.75) is 25.8 Å². The van der Waals surface area contributed by atoms with Crippen molar-refractivity contribution in [3.63, 3.8) is 0 Å². The van der Waals surface area contributed by atoms with Gasteiger partial charge in [0, 0.05) is 27.7 Å². The van der Waals surface area contributed by atoms with Gasteiger partial charge in [0.2, 0.25) is 5.91 Å². The Morgan fingerprint density at radius 2 is 1.83 bits per heavy atom. The van der Waals surface area contributed by atoms with E-state index in [4.69, 9.17) is 11.6 Å². The van der Waals surface area contributed by atoms with E-state index in [0.717, 1.165) is 10.4 Å². The average molecular weight is 439 g/mol. The van der Waals surface area contributed by atoms with Crippen LogP contribution in [-0.2, 0) is 4.79 Å². The molecule has 0 aliphatic carbocycles. The van der Waals surface area contributed by atoms with Crippen LogP contribution in [-0.4, -0.2) is 23.3 Å². The summed E-state index contributed by atoms with van der Waals surface area (Å²) in [6.45, 7) is 4.75. The molecule has 1 N–H and O–H groups in total. The Kier molecular flexibility index (Phi) is 5.93. The van der Waals surface area contributed by atoms with Crippen molar-refractivity contribution < 1.29 is 9.59 Å². The van der Waals surface area contributed by atoms with Crippen molar-refractivity contribution in [2.75, 3.05) is 11.9 Å². The van der Waals surface area contributed by atoms with Gasteiger partial charge in [-0.3, -0.25) is 9.59 Å². The number of amides is 2. The first-order chi connectivity index (χ1) is 14.5. The number of thiophene rings is 1. The smallest absolute Gasteiger partial charge is 0.254 e. The van der Waals surface area contributed by atoms with E-state index >= 15 is 0 Å². The highest BCUT2D eigenvalue weighted by molar-refractivity contribution is 7.10. The number of carbonyl (C=O) groups excluding carboxylic acids is 2. The van der Waals surface area contributed by atoms with Crippen molar-refractivity contribution in [2.24, 2.45) is 5.92 Å². The van der Waals surface area contributed by atoms with Crippen molar-refractivity contribution in [3.8, 4) is 0 Å². The molecule has 1 aromatic heterocycles. The minimum Gasteiger partial charge on any atom is -0.329 e. The SMILES string of the molecule is CC(C)CN1C(=O)c2ccccc2[C@@H](C(=O)Nc2ccc(Cl)cc2)[C@H]1c1cccs1. The van der Waals surface area contributed by atoms with Gasteiger partial charge in [0.05, 0.1) is 12.0 Å². The summed E-state index contributed by atoms with van der Waals surface area (Å²) in [5.41, 5.74) is 2.05. The van der Waals surface area contributed by atoms with E-state index in [1.807, 2.05) is 46.7 Å². The Labute approximate surface area is 185 Å². The third-order valence-corrected chi connectivity index (χ3v) is 6.42. The second kappa shape index (κ2) is 8.62. The summed E-state index contributed by atoms with van der Waals surface area (Å²) >= 11 is 7.56. The summed E-state index contributed by atoms with van der Waals surface area (Å²) in [5, 5.41) is 5.63. The molecule has 0 saturated heterocycles. The molecular formula is C24H23ClN2O2S. The maximum atomic E-state index is 13.6. The highest BCUT2D eigenvalue weighted by atomic mass is 35.5. The molecule has 3 aromatic rings. The van der Waals surface area contributed by atoms with Crippen molar-refractivity contribution in [1.29, 1.82) is 0 Å². The molecule has 0 spiro atoms. The average Bonchev–Trinajstić information content (AvgIpc) is 3.25. The van der Waals surface area contributed by atoms with Crippen LogP contribution in [0.2, 0.25) is 5.02 Å². The van der Waals surface area contributed by atoms with Gasteiger partial charge < -0.3 is 10.2 Å². The van der Waals surface area contributed by atoms with Gasteiger partial charge in [-0.25, -0.2) is 0 Å². The van der Waals surface area contributed by atoms with Gasteiger partial charge in [0.1, 0.15) is 0 Å². The number of anilines is 1. The van der Waals surface area contributed by atoms with E-state index < -0.39 is 5.92 Å². The number of hydrogen-bond donors (Lipinski definition) is 1. The van der Waals surface area contributed by atoms with Crippen LogP contribution in [0, 0.1) is 5.92 Å². The molecule has 1 aliphatic rings. The Balaban J connectivity index is 1.80. The molecule has 2 heterocycles. The molecule has 4 nitrogen and oxygen atoms in total. The second-order valence-corrected chi connectivity index (χ2v) is 9.29. The molecule has 4 rings (SSSR count). The van der Waals surface area contributed by atoms with Gasteiger partial charge in [0.15, 0.2) is 0 Å². The zero-order chi connectivity index (χ0) is 21.3. The predicted octanol–water partition coefficient (Wildman–Crippen LogP) is 5.98. The van der Waals surface area contributed by atoms with Crippen molar-refractivity contribution in [3.05, 3.63) is 87.1 Å². The molecule has 0 saturated carbocycles. The molecule has 2 amide bonds. The maximum Gasteiger partial charge on any atom is 0.254 e. The molecule has 0 fully saturated rings. The van der Waals surface area contributed by atoms with Gasteiger partial charge in [0.25, 0.3) is 5.91 Å². The number of hydrogen-bond acceptors (Lipinski definition) is 3. The molecule has 2 atom stereocenters. The fourth-order valence-electron chi connectivity index (χ4n) is 4.00. The molecule has 0 bridgehead atoms. The van der Waals surface area contributed by atoms with E-state index in [1.165, 1.54) is 0 Å². The first kappa shape index (κ1) is 20.6. The summed E-state index contributed by atoms with van der Waals surface area (Å²) in [6.07, 6.45) is 0. The van der Waals surface area contributed by atoms with E-state index in [0.29, 0.717) is 22.8 Å². The van der Waals surface area contributed by atoms with Crippen LogP contribution in [0.3, 0.4) is 0 Å². The van der Waals surface area contributed by atoms with Gasteiger partial charge in [-0.2, -0.15) is 0 Å². The zero-order valence-corrected chi connectivity index (χ0v) is 18.4. The molecule has 2 aromatic carbocycles. The molecule has 1 aliphatic heterocycles. The van der Waals surface area contributed by atoms with E-state index in [1.54, 1.807) is 35.6 Å². The summed E-state index contributed by atoms with van der Waals surface area (Å²) in [4.78, 5) is 29.9. The third-order valence-electron chi connectivity index (χ3n) is 5.23. The van der Waals surface area contributed by atoms with Gasteiger partial charge in [-0.15, -0.1) is 11.3 Å². The standard InChI is InChI=1S/C24H23ClN2O2S/c1-15(2)14-27-22(20-8-5-13-30-20)21(18-6-3-4-7-19(18)24(27)29)23(28)26-17-11-9-16(25)10-12-17/h3-13,15,21-22H,14H2,1-2H3,(H,26,28)/t21-,22-/m1/s1. The highest BCUT2D eigenvalue weighted by Gasteiger charge is 2.44. The fourth-order valence-corrected chi connectivity index (χ4v) is 5.00. The van der Waals surface area contributed by atoms with E-state index in [-0.39, 0.29) is 23.8 Å². The van der Waals surface area contributed by atoms with Crippen LogP contribution >= 0.6 is 22.9 Å². The number of fused-ring (bicyclic) bond motifs is 1. The minimum atomic E-state index is -0.507. The van der Waals surface area contributed by atoms with Crippen LogP contribution < -0.4 is 5.32 Å². The van der Waals surface area contributed by atoms with E-state index in [9.17, 15) is 9.59 Å². The Hall–Kier alpha value is -2.63. The lowest BCUT2D eigenvalue weighted by Gasteiger charge is -2.42. The van der Waals surface area contributed by atoms with Crippen LogP contribution in [0.5, 0.6) is 0 Å². The number of rotatable bonds is 5. The van der Waals surface area contributed by atoms with Crippen LogP contribution in [0.15, 0.2) is 66.0 Å². The Morgan fingerprint density at radius 1 is 1.10 bits per heavy atom. The molecule has 30 heavy (non-hydrogen) atoms. The third kappa shape index (κ3) is 4.00. The number of nitrogens with zero attached hydrogens (tertiary/aromatic N) is 1. The Morgan fingerprint density at radius 3 is 2.50 bits per heavy atom. The summed E-state index contributed by atoms with van der Waals surface area (Å²) in [6, 6.07) is 18.1. The van der Waals surface area contributed by atoms with Crippen LogP contribution in [0.4, 0.5) is 5.69 Å². The molecule has 0 radical (unpaired) electrons. The first-order valence-electron chi connectivity index (χ1n) is 9.95. The normalized spacial score (nSPS) is 18.4. The maximum absolute atomic E-state index is 13.6. The number of carbonyl (C=O) groups is 2. The Bertz CT molecular complexity index is 1050. The number of nitrogens with one attached hydrogen (secondary N) is 1. The predicted molar refractivity (Wildman–Crippen MR) is 122 cm³/mol. The van der Waals surface area contributed by atoms with E-state index in [2.05, 4.69) is 19.2 Å². The van der Waals surface area contributed by atoms with Gasteiger partial charge >= 0.3 is 0 Å². The lowest BCUT2D eigenvalue weighted by atomic mass is 9.81. The van der Waals surface area contributed by atoms with Gasteiger partial charge in [-0.05, 0) is 53.3 Å². The minimum absolute atomic E-state index is 0.0201. The second-order valence-electron chi connectivity index (χ2n) is 7.87. The fraction of sp³-hybridized carbons (Fsp3) is 0.250. The summed E-state index contributed by atoms with van der Waals surface area (Å²) < 4.78 is 0.